The Kier molecular flexibility index (Phi) is 8.31. The highest BCUT2D eigenvalue weighted by Crippen LogP contribution is 2.41. The summed E-state index contributed by atoms with van der Waals surface area (Å²) in [5.41, 5.74) is 2.48. The summed E-state index contributed by atoms with van der Waals surface area (Å²) >= 11 is 0. The maximum absolute atomic E-state index is 12.3. The van der Waals surface area contributed by atoms with Gasteiger partial charge in [0.1, 0.15) is 29.1 Å². The van der Waals surface area contributed by atoms with Crippen LogP contribution in [-0.4, -0.2) is 30.6 Å². The molecule has 2 aromatic carbocycles. The molecule has 1 unspecified atom stereocenters. The second-order valence-electron chi connectivity index (χ2n) is 9.21. The highest BCUT2D eigenvalue weighted by molar-refractivity contribution is 5.94. The van der Waals surface area contributed by atoms with Crippen LogP contribution in [0, 0.1) is 12.8 Å². The molecule has 0 saturated heterocycles. The molecule has 4 rings (SSSR count). The second-order valence-corrected chi connectivity index (χ2v) is 9.21. The van der Waals surface area contributed by atoms with Crippen LogP contribution >= 0.6 is 0 Å². The number of carbonyl (C=O) groups is 2. The average molecular weight is 492 g/mol. The molecule has 7 nitrogen and oxygen atoms in total. The smallest absolute Gasteiger partial charge is 0.305 e. The summed E-state index contributed by atoms with van der Waals surface area (Å²) in [6.45, 7) is 2.07. The molecule has 1 aliphatic carbocycles. The summed E-state index contributed by atoms with van der Waals surface area (Å²) in [6, 6.07) is 16.9. The molecule has 1 aromatic heterocycles. The van der Waals surface area contributed by atoms with Crippen molar-refractivity contribution in [1.82, 2.24) is 5.32 Å². The van der Waals surface area contributed by atoms with Gasteiger partial charge < -0.3 is 24.3 Å². The predicted octanol–water partition coefficient (Wildman–Crippen LogP) is 6.17. The molecule has 0 aliphatic heterocycles. The zero-order valence-corrected chi connectivity index (χ0v) is 20.8. The maximum Gasteiger partial charge on any atom is 0.305 e. The van der Waals surface area contributed by atoms with Crippen LogP contribution in [0.1, 0.15) is 66.3 Å². The number of carboxylic acids is 1. The van der Waals surface area contributed by atoms with E-state index in [1.165, 1.54) is 19.3 Å². The van der Waals surface area contributed by atoms with Crippen molar-refractivity contribution in [2.24, 2.45) is 5.92 Å². The normalized spacial score (nSPS) is 14.7. The van der Waals surface area contributed by atoms with Crippen LogP contribution in [0.5, 0.6) is 11.5 Å². The Morgan fingerprint density at radius 3 is 2.33 bits per heavy atom. The average Bonchev–Trinajstić information content (AvgIpc) is 3.29. The largest absolute Gasteiger partial charge is 0.497 e. The Labute approximate surface area is 211 Å². The van der Waals surface area contributed by atoms with Crippen molar-refractivity contribution < 1.29 is 28.6 Å². The Morgan fingerprint density at radius 2 is 1.69 bits per heavy atom. The van der Waals surface area contributed by atoms with Crippen molar-refractivity contribution in [3.05, 3.63) is 71.5 Å². The summed E-state index contributed by atoms with van der Waals surface area (Å²) < 4.78 is 18.0. The van der Waals surface area contributed by atoms with Gasteiger partial charge in [0.05, 0.1) is 13.5 Å². The topological polar surface area (TPSA) is 98.0 Å². The van der Waals surface area contributed by atoms with E-state index in [0.29, 0.717) is 17.2 Å². The van der Waals surface area contributed by atoms with Gasteiger partial charge in [-0.15, -0.1) is 0 Å². The van der Waals surface area contributed by atoms with E-state index in [4.69, 9.17) is 19.0 Å². The van der Waals surface area contributed by atoms with Gasteiger partial charge in [-0.3, -0.25) is 9.59 Å². The van der Waals surface area contributed by atoms with E-state index in [1.54, 1.807) is 31.4 Å². The number of nitrogens with one attached hydrogen (secondary N) is 1. The zero-order valence-electron chi connectivity index (χ0n) is 20.8. The molecule has 1 fully saturated rings. The van der Waals surface area contributed by atoms with Gasteiger partial charge in [0, 0.05) is 29.2 Å². The van der Waals surface area contributed by atoms with E-state index in [2.05, 4.69) is 11.4 Å². The van der Waals surface area contributed by atoms with Gasteiger partial charge in [0.15, 0.2) is 0 Å². The Balaban J connectivity index is 1.53. The molecule has 36 heavy (non-hydrogen) atoms. The van der Waals surface area contributed by atoms with E-state index in [-0.39, 0.29) is 25.0 Å². The van der Waals surface area contributed by atoms with Gasteiger partial charge in [0.25, 0.3) is 5.91 Å². The third-order valence-corrected chi connectivity index (χ3v) is 6.72. The predicted molar refractivity (Wildman–Crippen MR) is 136 cm³/mol. The second kappa shape index (κ2) is 11.8. The van der Waals surface area contributed by atoms with E-state index < -0.39 is 5.97 Å². The minimum atomic E-state index is -0.947. The first-order valence-corrected chi connectivity index (χ1v) is 12.5. The van der Waals surface area contributed by atoms with Crippen LogP contribution in [0.25, 0.3) is 11.3 Å². The molecular formula is C29H33NO6. The lowest BCUT2D eigenvalue weighted by atomic mass is 9.82. The van der Waals surface area contributed by atoms with Gasteiger partial charge in [-0.05, 0) is 74.4 Å². The molecule has 190 valence electrons. The summed E-state index contributed by atoms with van der Waals surface area (Å²) in [4.78, 5) is 23.0. The Hall–Kier alpha value is -3.74. The summed E-state index contributed by atoms with van der Waals surface area (Å²) in [5, 5.41) is 11.4. The first kappa shape index (κ1) is 25.4. The number of carboxylic acid groups (broad SMARTS) is 1. The molecular weight excluding hydrogens is 458 g/mol. The minimum Gasteiger partial charge on any atom is -0.497 e. The number of carbonyl (C=O) groups excluding carboxylic acids is 1. The minimum absolute atomic E-state index is 0.0897. The van der Waals surface area contributed by atoms with Crippen molar-refractivity contribution in [2.75, 3.05) is 13.7 Å². The molecule has 3 aromatic rings. The SMILES string of the molecule is COc1ccc(-c2cc(C(Oc3ccc(C(=O)NCCC(=O)O)cc3)C3CCCCC3)c(C)o2)cc1. The van der Waals surface area contributed by atoms with Gasteiger partial charge in [-0.25, -0.2) is 0 Å². The number of rotatable bonds is 10. The van der Waals surface area contributed by atoms with Crippen LogP contribution in [0.2, 0.25) is 0 Å². The highest BCUT2D eigenvalue weighted by atomic mass is 16.5. The first-order chi connectivity index (χ1) is 17.4. The number of hydrogen-bond donors (Lipinski definition) is 2. The number of methoxy groups -OCH3 is 1. The number of aliphatic carboxylic acids is 1. The number of benzene rings is 2. The molecule has 1 heterocycles. The zero-order chi connectivity index (χ0) is 25.5. The number of ether oxygens (including phenoxy) is 2. The van der Waals surface area contributed by atoms with Gasteiger partial charge in [-0.2, -0.15) is 0 Å². The van der Waals surface area contributed by atoms with Crippen molar-refractivity contribution in [2.45, 2.75) is 51.6 Å². The lowest BCUT2D eigenvalue weighted by Crippen LogP contribution is -2.26. The number of amides is 1. The molecule has 1 amide bonds. The molecule has 0 radical (unpaired) electrons. The Bertz CT molecular complexity index is 1160. The third kappa shape index (κ3) is 6.27. The van der Waals surface area contributed by atoms with E-state index in [0.717, 1.165) is 41.2 Å². The fraction of sp³-hybridized carbons (Fsp3) is 0.379. The monoisotopic (exact) mass is 491 g/mol. The van der Waals surface area contributed by atoms with Gasteiger partial charge in [-0.1, -0.05) is 19.3 Å². The van der Waals surface area contributed by atoms with Crippen molar-refractivity contribution in [1.29, 1.82) is 0 Å². The van der Waals surface area contributed by atoms with Crippen LogP contribution in [0.3, 0.4) is 0 Å². The van der Waals surface area contributed by atoms with Crippen molar-refractivity contribution in [3.8, 4) is 22.8 Å². The van der Waals surface area contributed by atoms with Crippen LogP contribution in [-0.2, 0) is 4.79 Å². The summed E-state index contributed by atoms with van der Waals surface area (Å²) in [6.07, 6.45) is 5.53. The van der Waals surface area contributed by atoms with Crippen LogP contribution in [0.15, 0.2) is 59.0 Å². The number of furan rings is 1. The quantitative estimate of drug-likeness (QED) is 0.352. The van der Waals surface area contributed by atoms with E-state index in [9.17, 15) is 9.59 Å². The number of aryl methyl sites for hydroxylation is 1. The van der Waals surface area contributed by atoms with Gasteiger partial charge >= 0.3 is 5.97 Å². The molecule has 1 aliphatic rings. The lowest BCUT2D eigenvalue weighted by Gasteiger charge is -2.30. The maximum atomic E-state index is 12.3. The summed E-state index contributed by atoms with van der Waals surface area (Å²) in [7, 11) is 1.65. The summed E-state index contributed by atoms with van der Waals surface area (Å²) in [5.74, 6) is 2.23. The third-order valence-electron chi connectivity index (χ3n) is 6.72. The van der Waals surface area contributed by atoms with Crippen LogP contribution in [0.4, 0.5) is 0 Å². The van der Waals surface area contributed by atoms with E-state index in [1.807, 2.05) is 31.2 Å². The molecule has 2 N–H and O–H groups in total. The lowest BCUT2D eigenvalue weighted by molar-refractivity contribution is -0.136. The molecule has 1 atom stereocenters. The fourth-order valence-corrected chi connectivity index (χ4v) is 4.74. The molecule has 1 saturated carbocycles. The van der Waals surface area contributed by atoms with Crippen molar-refractivity contribution >= 4 is 11.9 Å². The standard InChI is InChI=1S/C29H33NO6/c1-19-25(18-26(35-19)20-8-12-23(34-2)13-9-20)28(21-6-4-3-5-7-21)36-24-14-10-22(11-15-24)29(33)30-17-16-27(31)32/h8-15,18,21,28H,3-7,16-17H2,1-2H3,(H,30,33)(H,31,32). The number of hydrogen-bond acceptors (Lipinski definition) is 5. The first-order valence-electron chi connectivity index (χ1n) is 12.5. The van der Waals surface area contributed by atoms with Crippen molar-refractivity contribution in [3.63, 3.8) is 0 Å². The molecule has 0 spiro atoms. The molecule has 7 heteroatoms. The van der Waals surface area contributed by atoms with E-state index >= 15 is 0 Å². The Morgan fingerprint density at radius 1 is 1.03 bits per heavy atom. The fourth-order valence-electron chi connectivity index (χ4n) is 4.74. The van der Waals surface area contributed by atoms with Crippen LogP contribution < -0.4 is 14.8 Å². The highest BCUT2D eigenvalue weighted by Gasteiger charge is 2.30. The molecule has 0 bridgehead atoms. The van der Waals surface area contributed by atoms with Gasteiger partial charge in [0.2, 0.25) is 0 Å².